The molecule has 0 aliphatic heterocycles. The van der Waals surface area contributed by atoms with Gasteiger partial charge in [-0.1, -0.05) is 18.7 Å². The number of nitrogens with zero attached hydrogens (tertiary/aromatic N) is 3. The van der Waals surface area contributed by atoms with Gasteiger partial charge < -0.3 is 25.0 Å². The number of benzene rings is 2. The first-order chi connectivity index (χ1) is 20.2. The van der Waals surface area contributed by atoms with Crippen LogP contribution in [-0.4, -0.2) is 48.7 Å². The Kier molecular flexibility index (Phi) is 8.21. The van der Waals surface area contributed by atoms with Crippen molar-refractivity contribution in [2.24, 2.45) is 10.4 Å². The van der Waals surface area contributed by atoms with Crippen LogP contribution in [0.4, 0.5) is 15.8 Å². The number of hydrogen-bond acceptors (Lipinski definition) is 7. The Morgan fingerprint density at radius 1 is 1.12 bits per heavy atom. The maximum absolute atomic E-state index is 15.2. The molecule has 2 heterocycles. The number of methoxy groups -OCH3 is 1. The summed E-state index contributed by atoms with van der Waals surface area (Å²) in [6.45, 7) is 6.88. The summed E-state index contributed by atoms with van der Waals surface area (Å²) >= 11 is 1.40. The predicted octanol–water partition coefficient (Wildman–Crippen LogP) is 6.54. The normalized spacial score (nSPS) is 13.5. The monoisotopic (exact) mass is 587 g/mol. The molecule has 0 radical (unpaired) electrons. The fourth-order valence-electron chi connectivity index (χ4n) is 4.15. The third kappa shape index (κ3) is 5.96. The van der Waals surface area contributed by atoms with Crippen molar-refractivity contribution in [3.05, 3.63) is 78.1 Å². The Hall–Kier alpha value is -4.77. The van der Waals surface area contributed by atoms with Crippen LogP contribution in [0.2, 0.25) is 0 Å². The van der Waals surface area contributed by atoms with E-state index in [4.69, 9.17) is 9.47 Å². The molecule has 11 heteroatoms. The lowest BCUT2D eigenvalue weighted by molar-refractivity contribution is -0.131. The average Bonchev–Trinajstić information content (AvgIpc) is 3.70. The zero-order valence-electron chi connectivity index (χ0n) is 23.4. The van der Waals surface area contributed by atoms with E-state index in [1.807, 2.05) is 24.9 Å². The molecule has 216 valence electrons. The highest BCUT2D eigenvalue weighted by Crippen LogP contribution is 2.48. The second-order valence-electron chi connectivity index (χ2n) is 9.84. The molecule has 2 amide bonds. The molecule has 0 unspecified atom stereocenters. The summed E-state index contributed by atoms with van der Waals surface area (Å²) in [5.41, 5.74) is 0.719. The quantitative estimate of drug-likeness (QED) is 0.117. The summed E-state index contributed by atoms with van der Waals surface area (Å²) in [5.74, 6) is -0.713. The molecule has 5 rings (SSSR count). The molecule has 1 aliphatic carbocycles. The van der Waals surface area contributed by atoms with Gasteiger partial charge in [-0.05, 0) is 50.1 Å². The van der Waals surface area contributed by atoms with Gasteiger partial charge in [-0.25, -0.2) is 9.38 Å². The number of aliphatic imine (C=N–C) groups is 1. The highest BCUT2D eigenvalue weighted by molar-refractivity contribution is 7.20. The standard InChI is InChI=1S/C31H30FN5O4S/c1-5-37(3)18-34-19(2)27-17-23-28(42-27)26(12-15-33-23)41-24-11-10-20(16-21(24)32)35-29(38)31(13-14-31)30(39)36-22-8-6-7-9-25(22)40-4/h6-12,15-18H,2,5,13-14H2,1,3-4H3,(H,35,38)(H,36,39). The fraction of sp³-hybridized carbons (Fsp3) is 0.226. The number of halogens is 1. The van der Waals surface area contributed by atoms with Crippen LogP contribution in [0.3, 0.4) is 0 Å². The van der Waals surface area contributed by atoms with E-state index >= 15 is 4.39 Å². The van der Waals surface area contributed by atoms with E-state index in [1.54, 1.807) is 42.9 Å². The summed E-state index contributed by atoms with van der Waals surface area (Å²) < 4.78 is 27.1. The van der Waals surface area contributed by atoms with E-state index in [2.05, 4.69) is 27.2 Å². The summed E-state index contributed by atoms with van der Waals surface area (Å²) in [6.07, 6.45) is 4.07. The minimum Gasteiger partial charge on any atom is -0.495 e. The molecule has 0 bridgehead atoms. The Morgan fingerprint density at radius 2 is 1.88 bits per heavy atom. The van der Waals surface area contributed by atoms with Gasteiger partial charge in [0.15, 0.2) is 11.6 Å². The summed E-state index contributed by atoms with van der Waals surface area (Å²) in [4.78, 5) is 37.6. The number of amides is 2. The molecule has 0 spiro atoms. The smallest absolute Gasteiger partial charge is 0.240 e. The maximum Gasteiger partial charge on any atom is 0.240 e. The van der Waals surface area contributed by atoms with Gasteiger partial charge in [-0.3, -0.25) is 14.6 Å². The SMILES string of the molecule is C=C(N=CN(C)CC)c1cc2nccc(Oc3ccc(NC(=O)C4(C(=O)Nc5ccccc5OC)CC4)cc3F)c2s1. The third-order valence-electron chi connectivity index (χ3n) is 6.95. The van der Waals surface area contributed by atoms with Crippen LogP contribution in [0.25, 0.3) is 15.9 Å². The minimum absolute atomic E-state index is 0.0214. The molecule has 0 saturated heterocycles. The number of anilines is 2. The van der Waals surface area contributed by atoms with Gasteiger partial charge in [0.2, 0.25) is 11.8 Å². The number of pyridine rings is 1. The topological polar surface area (TPSA) is 105 Å². The number of thiophene rings is 1. The Balaban J connectivity index is 1.28. The van der Waals surface area contributed by atoms with Crippen LogP contribution in [0.5, 0.6) is 17.2 Å². The van der Waals surface area contributed by atoms with E-state index in [1.165, 1.54) is 36.6 Å². The number of aromatic nitrogens is 1. The van der Waals surface area contributed by atoms with E-state index in [9.17, 15) is 9.59 Å². The first-order valence-electron chi connectivity index (χ1n) is 13.3. The predicted molar refractivity (Wildman–Crippen MR) is 164 cm³/mol. The second kappa shape index (κ2) is 12.0. The molecular weight excluding hydrogens is 557 g/mol. The van der Waals surface area contributed by atoms with Crippen molar-refractivity contribution < 1.29 is 23.5 Å². The third-order valence-corrected chi connectivity index (χ3v) is 8.14. The van der Waals surface area contributed by atoms with Crippen LogP contribution in [0, 0.1) is 11.2 Å². The average molecular weight is 588 g/mol. The van der Waals surface area contributed by atoms with E-state index in [-0.39, 0.29) is 11.4 Å². The largest absolute Gasteiger partial charge is 0.495 e. The summed E-state index contributed by atoms with van der Waals surface area (Å²) in [7, 11) is 3.42. The molecule has 2 N–H and O–H groups in total. The molecule has 4 aromatic rings. The highest BCUT2D eigenvalue weighted by Gasteiger charge is 2.56. The molecule has 9 nitrogen and oxygen atoms in total. The molecule has 1 aliphatic rings. The van der Waals surface area contributed by atoms with Gasteiger partial charge >= 0.3 is 0 Å². The van der Waals surface area contributed by atoms with Crippen LogP contribution in [0.1, 0.15) is 24.6 Å². The van der Waals surface area contributed by atoms with Crippen molar-refractivity contribution in [1.82, 2.24) is 9.88 Å². The van der Waals surface area contributed by atoms with Crippen LogP contribution in [-0.2, 0) is 9.59 Å². The second-order valence-corrected chi connectivity index (χ2v) is 10.9. The maximum atomic E-state index is 15.2. The van der Waals surface area contributed by atoms with Crippen molar-refractivity contribution in [3.63, 3.8) is 0 Å². The lowest BCUT2D eigenvalue weighted by atomic mass is 10.0. The number of carbonyl (C=O) groups excluding carboxylic acids is 2. The summed E-state index contributed by atoms with van der Waals surface area (Å²) in [5, 5.41) is 5.46. The Labute approximate surface area is 246 Å². The first kappa shape index (κ1) is 28.7. The zero-order valence-corrected chi connectivity index (χ0v) is 24.3. The highest BCUT2D eigenvalue weighted by atomic mass is 32.1. The van der Waals surface area contributed by atoms with Crippen molar-refractivity contribution in [1.29, 1.82) is 0 Å². The lowest BCUT2D eigenvalue weighted by Gasteiger charge is -2.17. The van der Waals surface area contributed by atoms with Crippen molar-refractivity contribution >= 4 is 56.8 Å². The van der Waals surface area contributed by atoms with Gasteiger partial charge in [0, 0.05) is 37.6 Å². The number of rotatable bonds is 11. The number of para-hydroxylation sites is 2. The number of ether oxygens (including phenoxy) is 2. The minimum atomic E-state index is -1.23. The van der Waals surface area contributed by atoms with Gasteiger partial charge in [-0.2, -0.15) is 0 Å². The van der Waals surface area contributed by atoms with E-state index in [0.717, 1.165) is 16.1 Å². The molecule has 2 aromatic carbocycles. The molecule has 42 heavy (non-hydrogen) atoms. The van der Waals surface area contributed by atoms with Gasteiger partial charge in [0.25, 0.3) is 0 Å². The van der Waals surface area contributed by atoms with E-state index < -0.39 is 23.0 Å². The number of carbonyl (C=O) groups is 2. The van der Waals surface area contributed by atoms with Gasteiger partial charge in [0.05, 0.1) is 39.9 Å². The molecule has 0 atom stereocenters. The molecular formula is C31H30FN5O4S. The fourth-order valence-corrected chi connectivity index (χ4v) is 5.14. The van der Waals surface area contributed by atoms with Crippen molar-refractivity contribution in [3.8, 4) is 17.2 Å². The zero-order chi connectivity index (χ0) is 29.9. The molecule has 1 saturated carbocycles. The van der Waals surface area contributed by atoms with Crippen LogP contribution < -0.4 is 20.1 Å². The van der Waals surface area contributed by atoms with Gasteiger partial charge in [-0.15, -0.1) is 11.3 Å². The first-order valence-corrected chi connectivity index (χ1v) is 14.1. The van der Waals surface area contributed by atoms with Gasteiger partial charge in [0.1, 0.15) is 16.9 Å². The number of fused-ring (bicyclic) bond motifs is 1. The lowest BCUT2D eigenvalue weighted by Crippen LogP contribution is -2.35. The number of hydrogen-bond donors (Lipinski definition) is 2. The van der Waals surface area contributed by atoms with Crippen molar-refractivity contribution in [2.75, 3.05) is 31.3 Å². The Bertz CT molecular complexity index is 1700. The number of nitrogens with one attached hydrogen (secondary N) is 2. The van der Waals surface area contributed by atoms with Crippen LogP contribution in [0.15, 0.2) is 72.4 Å². The van der Waals surface area contributed by atoms with Crippen LogP contribution >= 0.6 is 11.3 Å². The van der Waals surface area contributed by atoms with Crippen molar-refractivity contribution in [2.45, 2.75) is 19.8 Å². The Morgan fingerprint density at radius 3 is 2.60 bits per heavy atom. The summed E-state index contributed by atoms with van der Waals surface area (Å²) in [6, 6.07) is 14.6. The molecule has 1 fully saturated rings. The molecule has 2 aromatic heterocycles. The van der Waals surface area contributed by atoms with E-state index in [0.29, 0.717) is 41.2 Å².